The molecule has 0 saturated carbocycles. The Kier molecular flexibility index (Phi) is 6.68. The van der Waals surface area contributed by atoms with Crippen LogP contribution in [-0.4, -0.2) is 30.7 Å². The molecule has 0 fully saturated rings. The van der Waals surface area contributed by atoms with Crippen LogP contribution in [0.25, 0.3) is 22.2 Å². The molecule has 2 N–H and O–H groups in total. The molecule has 0 aliphatic carbocycles. The second kappa shape index (κ2) is 9.99. The van der Waals surface area contributed by atoms with Gasteiger partial charge < -0.3 is 20.1 Å². The third-order valence-electron chi connectivity index (χ3n) is 5.10. The molecule has 1 heterocycles. The number of fused-ring (bicyclic) bond motifs is 1. The van der Waals surface area contributed by atoms with E-state index in [-0.39, 0.29) is 6.61 Å². The van der Waals surface area contributed by atoms with Crippen LogP contribution in [0.3, 0.4) is 0 Å². The summed E-state index contributed by atoms with van der Waals surface area (Å²) in [5.41, 5.74) is 3.47. The van der Waals surface area contributed by atoms with E-state index in [1.807, 2.05) is 30.3 Å². The number of amides is 2. The number of halogens is 1. The summed E-state index contributed by atoms with van der Waals surface area (Å²) in [7, 11) is 1.28. The van der Waals surface area contributed by atoms with Crippen molar-refractivity contribution in [3.63, 3.8) is 0 Å². The maximum Gasteiger partial charge on any atom is 0.343 e. The van der Waals surface area contributed by atoms with E-state index in [9.17, 15) is 14.0 Å². The van der Waals surface area contributed by atoms with Crippen molar-refractivity contribution >= 4 is 34.3 Å². The van der Waals surface area contributed by atoms with E-state index in [1.165, 1.54) is 13.2 Å². The molecule has 2 amide bonds. The Labute approximate surface area is 195 Å². The number of rotatable bonds is 6. The number of carbonyl (C=O) groups is 2. The topological polar surface area (TPSA) is 89.6 Å². The minimum atomic E-state index is -0.534. The third kappa shape index (κ3) is 5.29. The largest absolute Gasteiger partial charge is 0.481 e. The van der Waals surface area contributed by atoms with Gasteiger partial charge in [0, 0.05) is 28.4 Å². The number of nitrogens with one attached hydrogen (secondary N) is 2. The lowest BCUT2D eigenvalue weighted by atomic mass is 10.1. The summed E-state index contributed by atoms with van der Waals surface area (Å²) >= 11 is 0. The molecule has 0 aliphatic heterocycles. The number of aryl methyl sites for hydroxylation is 1. The van der Waals surface area contributed by atoms with E-state index in [4.69, 9.17) is 9.72 Å². The van der Waals surface area contributed by atoms with E-state index >= 15 is 0 Å². The van der Waals surface area contributed by atoms with E-state index in [1.54, 1.807) is 43.3 Å². The van der Waals surface area contributed by atoms with Crippen molar-refractivity contribution in [3.05, 3.63) is 84.2 Å². The fourth-order valence-electron chi connectivity index (χ4n) is 3.31. The maximum absolute atomic E-state index is 13.8. The number of hydrogen-bond acceptors (Lipinski definition) is 5. The Balaban J connectivity index is 1.63. The summed E-state index contributed by atoms with van der Waals surface area (Å²) in [6.07, 6.45) is 0. The molecule has 0 spiro atoms. The Morgan fingerprint density at radius 3 is 2.35 bits per heavy atom. The first kappa shape index (κ1) is 22.7. The molecule has 4 aromatic rings. The van der Waals surface area contributed by atoms with Crippen molar-refractivity contribution in [1.82, 2.24) is 4.98 Å². The van der Waals surface area contributed by atoms with Crippen molar-refractivity contribution in [3.8, 4) is 17.0 Å². The van der Waals surface area contributed by atoms with Gasteiger partial charge in [0.25, 0.3) is 0 Å². The summed E-state index contributed by atoms with van der Waals surface area (Å²) < 4.78 is 24.2. The van der Waals surface area contributed by atoms with E-state index in [0.717, 1.165) is 5.56 Å². The number of nitrogens with zero attached hydrogens (tertiary/aromatic N) is 1. The number of aromatic nitrogens is 1. The molecule has 0 radical (unpaired) electrons. The lowest BCUT2D eigenvalue weighted by Gasteiger charge is -2.13. The molecular formula is C26H22FN3O4. The van der Waals surface area contributed by atoms with Crippen LogP contribution in [0.1, 0.15) is 5.56 Å². The van der Waals surface area contributed by atoms with Crippen LogP contribution in [0.5, 0.6) is 5.75 Å². The monoisotopic (exact) mass is 459 g/mol. The van der Waals surface area contributed by atoms with Crippen LogP contribution < -0.4 is 15.4 Å². The van der Waals surface area contributed by atoms with Gasteiger partial charge in [-0.25, -0.2) is 19.0 Å². The molecule has 0 unspecified atom stereocenters. The zero-order valence-electron chi connectivity index (χ0n) is 18.6. The minimum Gasteiger partial charge on any atom is -0.481 e. The van der Waals surface area contributed by atoms with E-state index < -0.39 is 17.8 Å². The van der Waals surface area contributed by atoms with Crippen LogP contribution in [0.15, 0.2) is 72.8 Å². The predicted molar refractivity (Wildman–Crippen MR) is 128 cm³/mol. The van der Waals surface area contributed by atoms with E-state index in [0.29, 0.717) is 39.3 Å². The first-order valence-electron chi connectivity index (χ1n) is 10.5. The van der Waals surface area contributed by atoms with Gasteiger partial charge in [0.2, 0.25) is 0 Å². The van der Waals surface area contributed by atoms with Gasteiger partial charge in [-0.2, -0.15) is 0 Å². The molecule has 0 saturated heterocycles. The fraction of sp³-hybridized carbons (Fsp3) is 0.115. The summed E-state index contributed by atoms with van der Waals surface area (Å²) in [6.45, 7) is 1.37. The van der Waals surface area contributed by atoms with Crippen LogP contribution in [0.2, 0.25) is 0 Å². The molecule has 0 bridgehead atoms. The maximum atomic E-state index is 13.8. The molecule has 7 nitrogen and oxygen atoms in total. The molecule has 172 valence electrons. The smallest absolute Gasteiger partial charge is 0.343 e. The highest BCUT2D eigenvalue weighted by atomic mass is 19.1. The summed E-state index contributed by atoms with van der Waals surface area (Å²) in [5, 5.41) is 5.92. The molecular weight excluding hydrogens is 437 g/mol. The molecule has 0 atom stereocenters. The zero-order chi connectivity index (χ0) is 24.1. The number of ether oxygens (including phenoxy) is 2. The number of benzene rings is 3. The van der Waals surface area contributed by atoms with E-state index in [2.05, 4.69) is 15.4 Å². The summed E-state index contributed by atoms with van der Waals surface area (Å²) in [5.74, 6) is -0.514. The average molecular weight is 459 g/mol. The van der Waals surface area contributed by atoms with Crippen LogP contribution >= 0.6 is 0 Å². The van der Waals surface area contributed by atoms with Gasteiger partial charge in [0.15, 0.2) is 6.61 Å². The Morgan fingerprint density at radius 1 is 0.941 bits per heavy atom. The number of carbonyl (C=O) groups excluding carboxylic acids is 2. The minimum absolute atomic E-state index is 0.277. The molecule has 3 aromatic carbocycles. The van der Waals surface area contributed by atoms with Crippen molar-refractivity contribution < 1.29 is 23.5 Å². The average Bonchev–Trinajstić information content (AvgIpc) is 2.85. The lowest BCUT2D eigenvalue weighted by molar-refractivity contribution is -0.142. The van der Waals surface area contributed by atoms with Gasteiger partial charge in [-0.1, -0.05) is 36.4 Å². The van der Waals surface area contributed by atoms with Crippen molar-refractivity contribution in [1.29, 1.82) is 0 Å². The SMILES string of the molecule is COC(=O)COc1cc(-c2ccccc2)nc2ccc(NC(=O)Nc3ccc(C)c(F)c3)cc12. The van der Waals surface area contributed by atoms with Crippen molar-refractivity contribution in [2.45, 2.75) is 6.92 Å². The normalized spacial score (nSPS) is 10.6. The first-order valence-corrected chi connectivity index (χ1v) is 10.5. The number of anilines is 2. The molecule has 0 aliphatic rings. The van der Waals surface area contributed by atoms with Gasteiger partial charge in [-0.3, -0.25) is 0 Å². The Morgan fingerprint density at radius 2 is 1.65 bits per heavy atom. The number of pyridine rings is 1. The van der Waals surface area contributed by atoms with Gasteiger partial charge in [-0.15, -0.1) is 0 Å². The van der Waals surface area contributed by atoms with Crippen LogP contribution in [0, 0.1) is 12.7 Å². The lowest BCUT2D eigenvalue weighted by Crippen LogP contribution is -2.19. The van der Waals surface area contributed by atoms with Crippen molar-refractivity contribution in [2.75, 3.05) is 24.4 Å². The number of esters is 1. The second-order valence-corrected chi connectivity index (χ2v) is 7.51. The second-order valence-electron chi connectivity index (χ2n) is 7.51. The summed E-state index contributed by atoms with van der Waals surface area (Å²) in [6, 6.07) is 20.4. The zero-order valence-corrected chi connectivity index (χ0v) is 18.6. The standard InChI is InChI=1S/C26H22FN3O4/c1-16-8-9-19(13-21(16)27)29-26(32)28-18-10-11-22-20(12-18)24(34-15-25(31)33-2)14-23(30-22)17-6-4-3-5-7-17/h3-14H,15H2,1-2H3,(H2,28,29,32). The number of methoxy groups -OCH3 is 1. The quantitative estimate of drug-likeness (QED) is 0.369. The van der Waals surface area contributed by atoms with Crippen LogP contribution in [-0.2, 0) is 9.53 Å². The highest BCUT2D eigenvalue weighted by Gasteiger charge is 2.13. The molecule has 4 rings (SSSR count). The highest BCUT2D eigenvalue weighted by Crippen LogP contribution is 2.32. The van der Waals surface area contributed by atoms with Crippen molar-refractivity contribution in [2.24, 2.45) is 0 Å². The van der Waals surface area contributed by atoms with Gasteiger partial charge >= 0.3 is 12.0 Å². The van der Waals surface area contributed by atoms with Gasteiger partial charge in [-0.05, 0) is 42.8 Å². The Bertz CT molecular complexity index is 1360. The fourth-order valence-corrected chi connectivity index (χ4v) is 3.31. The third-order valence-corrected chi connectivity index (χ3v) is 5.10. The summed E-state index contributed by atoms with van der Waals surface area (Å²) in [4.78, 5) is 28.8. The number of urea groups is 1. The molecule has 1 aromatic heterocycles. The van der Waals surface area contributed by atoms with Crippen LogP contribution in [0.4, 0.5) is 20.6 Å². The molecule has 34 heavy (non-hydrogen) atoms. The predicted octanol–water partition coefficient (Wildman–Crippen LogP) is 5.55. The highest BCUT2D eigenvalue weighted by molar-refractivity contribution is 6.01. The Hall–Kier alpha value is -4.46. The van der Waals surface area contributed by atoms with Gasteiger partial charge in [0.1, 0.15) is 11.6 Å². The number of hydrogen-bond donors (Lipinski definition) is 2. The van der Waals surface area contributed by atoms with Gasteiger partial charge in [0.05, 0.1) is 18.3 Å². The molecule has 8 heteroatoms. The first-order chi connectivity index (χ1) is 16.4.